The number of fused-ring (bicyclic) bond motifs is 1. The standard InChI is InChI=1S/C15H20N4S/c1-16-15-18-13-5-3-2-4-12(13)14(19-15)17-10-11-6-8-20-9-7-11/h2-5,11H,6-10H2,1H3,(H2,16,17,18,19). The Balaban J connectivity index is 1.81. The van der Waals surface area contributed by atoms with Crippen LogP contribution in [0.3, 0.4) is 0 Å². The molecule has 1 aromatic carbocycles. The highest BCUT2D eigenvalue weighted by Gasteiger charge is 2.14. The van der Waals surface area contributed by atoms with Crippen LogP contribution in [-0.2, 0) is 0 Å². The molecule has 5 heteroatoms. The molecule has 2 aromatic rings. The van der Waals surface area contributed by atoms with Crippen molar-refractivity contribution in [3.63, 3.8) is 0 Å². The molecular formula is C15H20N4S. The average Bonchev–Trinajstić information content (AvgIpc) is 2.53. The Morgan fingerprint density at radius 3 is 2.80 bits per heavy atom. The molecule has 2 N–H and O–H groups in total. The van der Waals surface area contributed by atoms with Crippen molar-refractivity contribution in [2.24, 2.45) is 5.92 Å². The van der Waals surface area contributed by atoms with Gasteiger partial charge in [0.25, 0.3) is 0 Å². The fourth-order valence-corrected chi connectivity index (χ4v) is 3.72. The molecule has 0 atom stereocenters. The van der Waals surface area contributed by atoms with Crippen LogP contribution in [0.25, 0.3) is 10.9 Å². The van der Waals surface area contributed by atoms with Crippen molar-refractivity contribution in [3.05, 3.63) is 24.3 Å². The van der Waals surface area contributed by atoms with Gasteiger partial charge < -0.3 is 10.6 Å². The van der Waals surface area contributed by atoms with Gasteiger partial charge >= 0.3 is 0 Å². The number of benzene rings is 1. The first-order valence-electron chi connectivity index (χ1n) is 7.13. The van der Waals surface area contributed by atoms with E-state index in [9.17, 15) is 0 Å². The van der Waals surface area contributed by atoms with E-state index < -0.39 is 0 Å². The molecule has 0 spiro atoms. The molecular weight excluding hydrogens is 268 g/mol. The molecule has 1 aliphatic heterocycles. The highest BCUT2D eigenvalue weighted by atomic mass is 32.2. The average molecular weight is 288 g/mol. The van der Waals surface area contributed by atoms with Crippen molar-refractivity contribution in [2.45, 2.75) is 12.8 Å². The molecule has 2 heterocycles. The van der Waals surface area contributed by atoms with Crippen LogP contribution < -0.4 is 10.6 Å². The molecule has 0 saturated carbocycles. The van der Waals surface area contributed by atoms with Gasteiger partial charge in [-0.15, -0.1) is 0 Å². The largest absolute Gasteiger partial charge is 0.369 e. The first-order valence-corrected chi connectivity index (χ1v) is 8.28. The maximum Gasteiger partial charge on any atom is 0.224 e. The van der Waals surface area contributed by atoms with Gasteiger partial charge in [0.15, 0.2) is 0 Å². The Labute approximate surface area is 123 Å². The number of nitrogens with zero attached hydrogens (tertiary/aromatic N) is 2. The number of hydrogen-bond donors (Lipinski definition) is 2. The van der Waals surface area contributed by atoms with E-state index in [-0.39, 0.29) is 0 Å². The smallest absolute Gasteiger partial charge is 0.224 e. The predicted molar refractivity (Wildman–Crippen MR) is 87.6 cm³/mol. The highest BCUT2D eigenvalue weighted by Crippen LogP contribution is 2.25. The zero-order valence-corrected chi connectivity index (χ0v) is 12.5. The van der Waals surface area contributed by atoms with Crippen molar-refractivity contribution < 1.29 is 0 Å². The topological polar surface area (TPSA) is 49.8 Å². The summed E-state index contributed by atoms with van der Waals surface area (Å²) in [5.41, 5.74) is 0.980. The van der Waals surface area contributed by atoms with Crippen LogP contribution in [0.4, 0.5) is 11.8 Å². The number of anilines is 2. The summed E-state index contributed by atoms with van der Waals surface area (Å²) in [4.78, 5) is 9.05. The molecule has 1 saturated heterocycles. The zero-order valence-electron chi connectivity index (χ0n) is 11.7. The molecule has 0 radical (unpaired) electrons. The second-order valence-corrected chi connectivity index (χ2v) is 6.32. The summed E-state index contributed by atoms with van der Waals surface area (Å²) in [7, 11) is 1.85. The van der Waals surface area contributed by atoms with Crippen LogP contribution >= 0.6 is 11.8 Å². The Morgan fingerprint density at radius 2 is 2.00 bits per heavy atom. The summed E-state index contributed by atoms with van der Waals surface area (Å²) in [6.07, 6.45) is 2.61. The molecule has 1 aromatic heterocycles. The number of para-hydroxylation sites is 1. The van der Waals surface area contributed by atoms with Crippen LogP contribution in [0.2, 0.25) is 0 Å². The van der Waals surface area contributed by atoms with Gasteiger partial charge in [-0.25, -0.2) is 4.98 Å². The van der Waals surface area contributed by atoms with E-state index in [1.807, 2.05) is 25.2 Å². The van der Waals surface area contributed by atoms with E-state index in [1.165, 1.54) is 24.3 Å². The number of hydrogen-bond acceptors (Lipinski definition) is 5. The quantitative estimate of drug-likeness (QED) is 0.904. The normalized spacial score (nSPS) is 16.2. The minimum Gasteiger partial charge on any atom is -0.369 e. The van der Waals surface area contributed by atoms with Gasteiger partial charge in [-0.05, 0) is 42.4 Å². The number of nitrogens with one attached hydrogen (secondary N) is 2. The molecule has 0 unspecified atom stereocenters. The molecule has 20 heavy (non-hydrogen) atoms. The van der Waals surface area contributed by atoms with Gasteiger partial charge in [0.05, 0.1) is 5.52 Å². The van der Waals surface area contributed by atoms with Crippen molar-refractivity contribution in [1.82, 2.24) is 9.97 Å². The maximum atomic E-state index is 4.57. The number of rotatable bonds is 4. The molecule has 1 aliphatic rings. The molecule has 4 nitrogen and oxygen atoms in total. The fourth-order valence-electron chi connectivity index (χ4n) is 2.51. The molecule has 0 amide bonds. The third kappa shape index (κ3) is 2.98. The van der Waals surface area contributed by atoms with Gasteiger partial charge in [-0.1, -0.05) is 12.1 Å². The maximum absolute atomic E-state index is 4.57. The third-order valence-corrected chi connectivity index (χ3v) is 4.77. The Hall–Kier alpha value is -1.49. The third-order valence-electron chi connectivity index (χ3n) is 3.73. The molecule has 0 bridgehead atoms. The SMILES string of the molecule is CNc1nc(NCC2CCSCC2)c2ccccc2n1. The van der Waals surface area contributed by atoms with Crippen molar-refractivity contribution >= 4 is 34.4 Å². The van der Waals surface area contributed by atoms with E-state index in [0.717, 1.165) is 29.2 Å². The van der Waals surface area contributed by atoms with Crippen LogP contribution in [0.15, 0.2) is 24.3 Å². The lowest BCUT2D eigenvalue weighted by atomic mass is 10.0. The summed E-state index contributed by atoms with van der Waals surface area (Å²) in [6.45, 7) is 1.00. The van der Waals surface area contributed by atoms with Gasteiger partial charge in [-0.2, -0.15) is 16.7 Å². The second kappa shape index (κ2) is 6.31. The van der Waals surface area contributed by atoms with Crippen molar-refractivity contribution in [2.75, 3.05) is 35.7 Å². The number of thioether (sulfide) groups is 1. The van der Waals surface area contributed by atoms with E-state index >= 15 is 0 Å². The number of aromatic nitrogens is 2. The molecule has 3 rings (SSSR count). The van der Waals surface area contributed by atoms with E-state index in [4.69, 9.17) is 0 Å². The van der Waals surface area contributed by atoms with Crippen molar-refractivity contribution in [1.29, 1.82) is 0 Å². The van der Waals surface area contributed by atoms with Crippen LogP contribution in [0.1, 0.15) is 12.8 Å². The first kappa shape index (κ1) is 13.5. The summed E-state index contributed by atoms with van der Waals surface area (Å²) in [5.74, 6) is 4.96. The molecule has 106 valence electrons. The molecule has 0 aliphatic carbocycles. The summed E-state index contributed by atoms with van der Waals surface area (Å²) < 4.78 is 0. The lowest BCUT2D eigenvalue weighted by Crippen LogP contribution is -2.20. The van der Waals surface area contributed by atoms with E-state index in [0.29, 0.717) is 5.95 Å². The van der Waals surface area contributed by atoms with Crippen LogP contribution in [0.5, 0.6) is 0 Å². The van der Waals surface area contributed by atoms with Gasteiger partial charge in [0, 0.05) is 19.0 Å². The minimum atomic E-state index is 0.672. The predicted octanol–water partition coefficient (Wildman–Crippen LogP) is 3.23. The Bertz CT molecular complexity index is 581. The summed E-state index contributed by atoms with van der Waals surface area (Å²) >= 11 is 2.07. The zero-order chi connectivity index (χ0) is 13.8. The highest BCUT2D eigenvalue weighted by molar-refractivity contribution is 7.99. The van der Waals surface area contributed by atoms with E-state index in [1.54, 1.807) is 0 Å². The lowest BCUT2D eigenvalue weighted by molar-refractivity contribution is 0.516. The van der Waals surface area contributed by atoms with Crippen LogP contribution in [0, 0.1) is 5.92 Å². The Morgan fingerprint density at radius 1 is 1.20 bits per heavy atom. The second-order valence-electron chi connectivity index (χ2n) is 5.10. The fraction of sp³-hybridized carbons (Fsp3) is 0.467. The van der Waals surface area contributed by atoms with Crippen molar-refractivity contribution in [3.8, 4) is 0 Å². The monoisotopic (exact) mass is 288 g/mol. The Kier molecular flexibility index (Phi) is 4.25. The minimum absolute atomic E-state index is 0.672. The van der Waals surface area contributed by atoms with Gasteiger partial charge in [0.2, 0.25) is 5.95 Å². The van der Waals surface area contributed by atoms with Gasteiger partial charge in [-0.3, -0.25) is 0 Å². The lowest BCUT2D eigenvalue weighted by Gasteiger charge is -2.22. The van der Waals surface area contributed by atoms with Crippen LogP contribution in [-0.4, -0.2) is 35.1 Å². The summed E-state index contributed by atoms with van der Waals surface area (Å²) in [5, 5.41) is 7.66. The molecule has 1 fully saturated rings. The van der Waals surface area contributed by atoms with E-state index in [2.05, 4.69) is 38.4 Å². The van der Waals surface area contributed by atoms with Gasteiger partial charge in [0.1, 0.15) is 5.82 Å². The summed E-state index contributed by atoms with van der Waals surface area (Å²) in [6, 6.07) is 8.15. The first-order chi connectivity index (χ1) is 9.86.